The minimum Gasteiger partial charge on any atom is -0.434 e. The summed E-state index contributed by atoms with van der Waals surface area (Å²) in [7, 11) is 0. The Labute approximate surface area is 79.6 Å². The van der Waals surface area contributed by atoms with E-state index < -0.39 is 0 Å². The summed E-state index contributed by atoms with van der Waals surface area (Å²) in [5.74, 6) is 1.18. The Balaban J connectivity index is 2.24. The van der Waals surface area contributed by atoms with Crippen LogP contribution in [0.2, 0.25) is 0 Å². The van der Waals surface area contributed by atoms with Crippen molar-refractivity contribution in [1.29, 1.82) is 0 Å². The van der Waals surface area contributed by atoms with Gasteiger partial charge in [-0.1, -0.05) is 12.1 Å². The summed E-state index contributed by atoms with van der Waals surface area (Å²) in [5.41, 5.74) is 1.62. The Morgan fingerprint density at radius 1 is 1.21 bits per heavy atom. The Morgan fingerprint density at radius 2 is 2.14 bits per heavy atom. The molecule has 0 amide bonds. The Hall–Kier alpha value is -2.10. The van der Waals surface area contributed by atoms with Crippen molar-refractivity contribution in [3.05, 3.63) is 36.7 Å². The molecule has 0 fully saturated rings. The molecule has 4 nitrogen and oxygen atoms in total. The summed E-state index contributed by atoms with van der Waals surface area (Å²) in [6, 6.07) is 7.64. The smallest absolute Gasteiger partial charge is 0.264 e. The van der Waals surface area contributed by atoms with Gasteiger partial charge in [-0.05, 0) is 12.1 Å². The molecule has 3 aromatic rings. The predicted octanol–water partition coefficient (Wildman–Crippen LogP) is 2.22. The van der Waals surface area contributed by atoms with Gasteiger partial charge in [-0.3, -0.25) is 0 Å². The van der Waals surface area contributed by atoms with Crippen LogP contribution in [0.15, 0.2) is 41.1 Å². The normalized spacial score (nSPS) is 10.9. The highest BCUT2D eigenvalue weighted by molar-refractivity contribution is 5.74. The fraction of sp³-hybridized carbons (Fsp3) is 0. The number of nitrogens with zero attached hydrogens (tertiary/aromatic N) is 2. The topological polar surface area (TPSA) is 54.7 Å². The van der Waals surface area contributed by atoms with Crippen LogP contribution in [0.5, 0.6) is 0 Å². The first-order valence-electron chi connectivity index (χ1n) is 4.29. The molecular weight excluding hydrogens is 178 g/mol. The van der Waals surface area contributed by atoms with Crippen LogP contribution in [0.1, 0.15) is 0 Å². The quantitative estimate of drug-likeness (QED) is 0.632. The third-order valence-corrected chi connectivity index (χ3v) is 1.99. The first kappa shape index (κ1) is 7.32. The molecule has 1 N–H and O–H groups in total. The van der Waals surface area contributed by atoms with Crippen LogP contribution in [0.3, 0.4) is 0 Å². The number of rotatable bonds is 1. The van der Waals surface area contributed by atoms with E-state index in [0.29, 0.717) is 11.7 Å². The second-order valence-electron chi connectivity index (χ2n) is 2.92. The van der Waals surface area contributed by atoms with E-state index in [1.807, 2.05) is 24.3 Å². The van der Waals surface area contributed by atoms with E-state index in [2.05, 4.69) is 15.0 Å². The molecule has 0 aliphatic heterocycles. The van der Waals surface area contributed by atoms with Crippen LogP contribution in [0.4, 0.5) is 0 Å². The lowest BCUT2D eigenvalue weighted by Gasteiger charge is -1.84. The maximum atomic E-state index is 5.51. The first-order chi connectivity index (χ1) is 6.93. The highest BCUT2D eigenvalue weighted by Crippen LogP contribution is 2.20. The third kappa shape index (κ3) is 1.01. The summed E-state index contributed by atoms with van der Waals surface area (Å²) < 4.78 is 5.51. The van der Waals surface area contributed by atoms with E-state index in [1.165, 1.54) is 0 Å². The number of nitrogens with one attached hydrogen (secondary N) is 1. The van der Waals surface area contributed by atoms with Crippen molar-refractivity contribution in [1.82, 2.24) is 15.0 Å². The van der Waals surface area contributed by atoms with Crippen molar-refractivity contribution >= 4 is 11.1 Å². The second-order valence-corrected chi connectivity index (χ2v) is 2.92. The second kappa shape index (κ2) is 2.70. The van der Waals surface area contributed by atoms with Gasteiger partial charge in [0.25, 0.3) is 5.89 Å². The number of H-pyrrole nitrogens is 1. The molecule has 1 aromatic carbocycles. The molecule has 4 heteroatoms. The molecule has 0 aliphatic rings. The Kier molecular flexibility index (Phi) is 1.41. The molecular formula is C10H7N3O. The highest BCUT2D eigenvalue weighted by atomic mass is 16.3. The number of aromatic amines is 1. The molecule has 2 aromatic heterocycles. The SMILES string of the molecule is c1ccc2oc(-c3ncc[nH]3)nc2c1. The molecule has 0 radical (unpaired) electrons. The van der Waals surface area contributed by atoms with Crippen molar-refractivity contribution in [2.45, 2.75) is 0 Å². The van der Waals surface area contributed by atoms with Gasteiger partial charge < -0.3 is 9.40 Å². The standard InChI is InChI=1S/C10H7N3O/c1-2-4-8-7(3-1)13-10(14-8)9-11-5-6-12-9/h1-6H,(H,11,12). The fourth-order valence-electron chi connectivity index (χ4n) is 1.36. The van der Waals surface area contributed by atoms with Gasteiger partial charge in [-0.15, -0.1) is 0 Å². The van der Waals surface area contributed by atoms with Crippen LogP contribution >= 0.6 is 0 Å². The summed E-state index contributed by atoms with van der Waals surface area (Å²) in [5, 5.41) is 0. The zero-order valence-electron chi connectivity index (χ0n) is 7.27. The molecule has 0 atom stereocenters. The number of hydrogen-bond acceptors (Lipinski definition) is 3. The molecule has 68 valence electrons. The van der Waals surface area contributed by atoms with Crippen LogP contribution in [-0.2, 0) is 0 Å². The molecule has 0 saturated carbocycles. The van der Waals surface area contributed by atoms with Crippen LogP contribution in [-0.4, -0.2) is 15.0 Å². The van der Waals surface area contributed by atoms with Gasteiger partial charge in [0.15, 0.2) is 11.4 Å². The Morgan fingerprint density at radius 3 is 2.93 bits per heavy atom. The number of aromatic nitrogens is 3. The van der Waals surface area contributed by atoms with Gasteiger partial charge in [0.2, 0.25) is 0 Å². The van der Waals surface area contributed by atoms with Gasteiger partial charge in [-0.25, -0.2) is 9.97 Å². The fourth-order valence-corrected chi connectivity index (χ4v) is 1.36. The number of oxazole rings is 1. The van der Waals surface area contributed by atoms with E-state index in [9.17, 15) is 0 Å². The van der Waals surface area contributed by atoms with Crippen LogP contribution in [0.25, 0.3) is 22.8 Å². The highest BCUT2D eigenvalue weighted by Gasteiger charge is 2.08. The number of benzene rings is 1. The number of para-hydroxylation sites is 2. The summed E-state index contributed by atoms with van der Waals surface area (Å²) in [4.78, 5) is 11.3. The van der Waals surface area contributed by atoms with E-state index in [4.69, 9.17) is 4.42 Å². The van der Waals surface area contributed by atoms with Gasteiger partial charge in [0.1, 0.15) is 5.52 Å². The lowest BCUT2D eigenvalue weighted by atomic mass is 10.3. The van der Waals surface area contributed by atoms with Crippen molar-refractivity contribution in [2.75, 3.05) is 0 Å². The largest absolute Gasteiger partial charge is 0.434 e. The van der Waals surface area contributed by atoms with E-state index in [1.54, 1.807) is 12.4 Å². The Bertz CT molecular complexity index is 521. The molecule has 14 heavy (non-hydrogen) atoms. The molecule has 0 unspecified atom stereocenters. The molecule has 2 heterocycles. The predicted molar refractivity (Wildman–Crippen MR) is 51.6 cm³/mol. The summed E-state index contributed by atoms with van der Waals surface area (Å²) in [6.07, 6.45) is 3.41. The van der Waals surface area contributed by atoms with Crippen LogP contribution < -0.4 is 0 Å². The number of hydrogen-bond donors (Lipinski definition) is 1. The van der Waals surface area contributed by atoms with Crippen molar-refractivity contribution in [2.24, 2.45) is 0 Å². The van der Waals surface area contributed by atoms with Crippen molar-refractivity contribution in [3.8, 4) is 11.7 Å². The molecule has 0 bridgehead atoms. The average molecular weight is 185 g/mol. The number of imidazole rings is 1. The monoisotopic (exact) mass is 185 g/mol. The molecule has 0 spiro atoms. The lowest BCUT2D eigenvalue weighted by Crippen LogP contribution is -1.77. The molecule has 0 saturated heterocycles. The van der Waals surface area contributed by atoms with E-state index >= 15 is 0 Å². The maximum Gasteiger partial charge on any atom is 0.264 e. The summed E-state index contributed by atoms with van der Waals surface area (Å²) in [6.45, 7) is 0. The minimum atomic E-state index is 0.524. The third-order valence-electron chi connectivity index (χ3n) is 1.99. The zero-order valence-corrected chi connectivity index (χ0v) is 7.27. The van der Waals surface area contributed by atoms with Crippen LogP contribution in [0, 0.1) is 0 Å². The van der Waals surface area contributed by atoms with Gasteiger partial charge in [0.05, 0.1) is 0 Å². The zero-order chi connectivity index (χ0) is 9.38. The first-order valence-corrected chi connectivity index (χ1v) is 4.29. The van der Waals surface area contributed by atoms with Crippen molar-refractivity contribution < 1.29 is 4.42 Å². The maximum absolute atomic E-state index is 5.51. The van der Waals surface area contributed by atoms with E-state index in [-0.39, 0.29) is 0 Å². The molecule has 3 rings (SSSR count). The van der Waals surface area contributed by atoms with Gasteiger partial charge in [-0.2, -0.15) is 0 Å². The molecule has 0 aliphatic carbocycles. The lowest BCUT2D eigenvalue weighted by molar-refractivity contribution is 0.614. The minimum absolute atomic E-state index is 0.524. The van der Waals surface area contributed by atoms with Crippen molar-refractivity contribution in [3.63, 3.8) is 0 Å². The van der Waals surface area contributed by atoms with E-state index in [0.717, 1.165) is 11.1 Å². The number of fused-ring (bicyclic) bond motifs is 1. The van der Waals surface area contributed by atoms with Gasteiger partial charge >= 0.3 is 0 Å². The average Bonchev–Trinajstić information content (AvgIpc) is 2.86. The van der Waals surface area contributed by atoms with Gasteiger partial charge in [0, 0.05) is 12.4 Å². The summed E-state index contributed by atoms with van der Waals surface area (Å²) >= 11 is 0.